The van der Waals surface area contributed by atoms with Gasteiger partial charge in [-0.05, 0) is 55.5 Å². The zero-order chi connectivity index (χ0) is 17.6. The van der Waals surface area contributed by atoms with Gasteiger partial charge in [0.15, 0.2) is 11.6 Å². The molecular formula is C21H21FO3. The Balaban J connectivity index is 1.74. The minimum absolute atomic E-state index is 0.0345. The van der Waals surface area contributed by atoms with Gasteiger partial charge >= 0.3 is 0 Å². The minimum atomic E-state index is -0.623. The highest BCUT2D eigenvalue weighted by molar-refractivity contribution is 6.03. The molecule has 1 heterocycles. The van der Waals surface area contributed by atoms with Crippen molar-refractivity contribution < 1.29 is 18.7 Å². The molecule has 0 amide bonds. The Bertz CT molecular complexity index is 828. The Hall–Kier alpha value is -2.04. The highest BCUT2D eigenvalue weighted by atomic mass is 19.1. The number of fused-ring (bicyclic) bond motifs is 2. The number of benzene rings is 2. The molecule has 2 aromatic carbocycles. The van der Waals surface area contributed by atoms with Crippen LogP contribution in [0.4, 0.5) is 4.39 Å². The first-order valence-electron chi connectivity index (χ1n) is 8.65. The number of hydrogen-bond acceptors (Lipinski definition) is 3. The van der Waals surface area contributed by atoms with E-state index in [-0.39, 0.29) is 23.6 Å². The summed E-state index contributed by atoms with van der Waals surface area (Å²) in [6.45, 7) is 4.22. The maximum Gasteiger partial charge on any atom is 0.170 e. The molecule has 1 saturated heterocycles. The average Bonchev–Trinajstić information content (AvgIpc) is 2.87. The van der Waals surface area contributed by atoms with Gasteiger partial charge in [-0.1, -0.05) is 30.3 Å². The summed E-state index contributed by atoms with van der Waals surface area (Å²) >= 11 is 0. The standard InChI is InChI=1S/C21H21FO3/c1-21(2)24-12-16(25-21)11-19-17-6-4-3-5-13(17)9-14-7-8-15(22)10-18(14)20(19)23/h3-8,10,16,19H,9,11-12H2,1-2H3. The average molecular weight is 340 g/mol. The Labute approximate surface area is 146 Å². The van der Waals surface area contributed by atoms with Crippen molar-refractivity contribution in [2.24, 2.45) is 0 Å². The summed E-state index contributed by atoms with van der Waals surface area (Å²) in [5, 5.41) is 0. The van der Waals surface area contributed by atoms with Crippen LogP contribution in [0.1, 0.15) is 53.2 Å². The van der Waals surface area contributed by atoms with Gasteiger partial charge < -0.3 is 9.47 Å². The van der Waals surface area contributed by atoms with Gasteiger partial charge in [0.25, 0.3) is 0 Å². The fraction of sp³-hybridized carbons (Fsp3) is 0.381. The third-order valence-electron chi connectivity index (χ3n) is 5.03. The van der Waals surface area contributed by atoms with Crippen LogP contribution in [0.5, 0.6) is 0 Å². The maximum absolute atomic E-state index is 13.8. The summed E-state index contributed by atoms with van der Waals surface area (Å²) < 4.78 is 25.3. The molecule has 0 bridgehead atoms. The van der Waals surface area contributed by atoms with E-state index < -0.39 is 5.79 Å². The van der Waals surface area contributed by atoms with E-state index in [2.05, 4.69) is 0 Å². The lowest BCUT2D eigenvalue weighted by molar-refractivity contribution is -0.139. The minimum Gasteiger partial charge on any atom is -0.348 e. The summed E-state index contributed by atoms with van der Waals surface area (Å²) in [6, 6.07) is 12.5. The Morgan fingerprint density at radius 1 is 1.16 bits per heavy atom. The van der Waals surface area contributed by atoms with Crippen LogP contribution in [0.25, 0.3) is 0 Å². The largest absolute Gasteiger partial charge is 0.348 e. The van der Waals surface area contributed by atoms with E-state index >= 15 is 0 Å². The zero-order valence-corrected chi connectivity index (χ0v) is 14.4. The maximum atomic E-state index is 13.8. The van der Waals surface area contributed by atoms with Gasteiger partial charge in [-0.15, -0.1) is 0 Å². The number of rotatable bonds is 2. The van der Waals surface area contributed by atoms with Gasteiger partial charge in [-0.3, -0.25) is 4.79 Å². The molecule has 0 spiro atoms. The molecule has 1 aliphatic carbocycles. The van der Waals surface area contributed by atoms with Crippen molar-refractivity contribution in [1.82, 2.24) is 0 Å². The number of ketones is 1. The second-order valence-electron chi connectivity index (χ2n) is 7.28. The number of carbonyl (C=O) groups is 1. The van der Waals surface area contributed by atoms with Crippen molar-refractivity contribution in [3.8, 4) is 0 Å². The first-order valence-corrected chi connectivity index (χ1v) is 8.65. The van der Waals surface area contributed by atoms with E-state index in [4.69, 9.17) is 9.47 Å². The van der Waals surface area contributed by atoms with Crippen molar-refractivity contribution in [1.29, 1.82) is 0 Å². The van der Waals surface area contributed by atoms with Gasteiger partial charge in [0.05, 0.1) is 18.6 Å². The number of halogens is 1. The van der Waals surface area contributed by atoms with Gasteiger partial charge in [-0.2, -0.15) is 0 Å². The molecular weight excluding hydrogens is 319 g/mol. The van der Waals surface area contributed by atoms with Crippen LogP contribution in [0.2, 0.25) is 0 Å². The normalized spacial score (nSPS) is 24.5. The lowest BCUT2D eigenvalue weighted by Gasteiger charge is -2.21. The van der Waals surface area contributed by atoms with Crippen LogP contribution in [0.3, 0.4) is 0 Å². The van der Waals surface area contributed by atoms with Gasteiger partial charge in [0.1, 0.15) is 5.82 Å². The van der Waals surface area contributed by atoms with Gasteiger partial charge in [-0.25, -0.2) is 4.39 Å². The van der Waals surface area contributed by atoms with Gasteiger partial charge in [0.2, 0.25) is 0 Å². The van der Waals surface area contributed by atoms with Crippen molar-refractivity contribution in [2.75, 3.05) is 6.61 Å². The van der Waals surface area contributed by atoms with Crippen molar-refractivity contribution in [3.63, 3.8) is 0 Å². The van der Waals surface area contributed by atoms with E-state index in [1.165, 1.54) is 12.1 Å². The molecule has 1 fully saturated rings. The summed E-state index contributed by atoms with van der Waals surface area (Å²) in [4.78, 5) is 13.2. The van der Waals surface area contributed by atoms with Crippen LogP contribution < -0.4 is 0 Å². The summed E-state index contributed by atoms with van der Waals surface area (Å²) in [5.74, 6) is -1.38. The Morgan fingerprint density at radius 2 is 1.96 bits per heavy atom. The van der Waals surface area contributed by atoms with Crippen molar-refractivity contribution in [2.45, 2.75) is 44.5 Å². The van der Waals surface area contributed by atoms with E-state index in [1.807, 2.05) is 38.1 Å². The SMILES string of the molecule is CC1(C)OCC(CC2C(=O)c3cc(F)ccc3Cc3ccccc32)O1. The Morgan fingerprint density at radius 3 is 2.72 bits per heavy atom. The van der Waals surface area contributed by atoms with E-state index in [0.29, 0.717) is 25.0 Å². The Kier molecular flexibility index (Phi) is 3.97. The molecule has 2 aromatic rings. The topological polar surface area (TPSA) is 35.5 Å². The van der Waals surface area contributed by atoms with Crippen LogP contribution in [-0.2, 0) is 15.9 Å². The fourth-order valence-corrected chi connectivity index (χ4v) is 3.88. The first kappa shape index (κ1) is 16.4. The monoisotopic (exact) mass is 340 g/mol. The van der Waals surface area contributed by atoms with Crippen molar-refractivity contribution >= 4 is 5.78 Å². The summed E-state index contributed by atoms with van der Waals surface area (Å²) in [7, 11) is 0. The van der Waals surface area contributed by atoms with Gasteiger partial charge in [0, 0.05) is 5.56 Å². The van der Waals surface area contributed by atoms with Crippen LogP contribution >= 0.6 is 0 Å². The molecule has 4 heteroatoms. The lowest BCUT2D eigenvalue weighted by Crippen LogP contribution is -2.24. The molecule has 130 valence electrons. The quantitative estimate of drug-likeness (QED) is 0.820. The third-order valence-corrected chi connectivity index (χ3v) is 5.03. The summed E-state index contributed by atoms with van der Waals surface area (Å²) in [5.41, 5.74) is 3.49. The highest BCUT2D eigenvalue weighted by Crippen LogP contribution is 2.37. The molecule has 0 N–H and O–H groups in total. The lowest BCUT2D eigenvalue weighted by atomic mass is 9.86. The van der Waals surface area contributed by atoms with Crippen LogP contribution in [0, 0.1) is 5.82 Å². The molecule has 2 aliphatic rings. The molecule has 0 aromatic heterocycles. The third kappa shape index (κ3) is 3.12. The molecule has 1 aliphatic heterocycles. The molecule has 0 radical (unpaired) electrons. The predicted octanol–water partition coefficient (Wildman–Crippen LogP) is 4.24. The number of carbonyl (C=O) groups excluding carboxylic acids is 1. The molecule has 2 unspecified atom stereocenters. The fourth-order valence-electron chi connectivity index (χ4n) is 3.88. The molecule has 3 nitrogen and oxygen atoms in total. The van der Waals surface area contributed by atoms with E-state index in [1.54, 1.807) is 6.07 Å². The molecule has 0 saturated carbocycles. The van der Waals surface area contributed by atoms with E-state index in [9.17, 15) is 9.18 Å². The number of Topliss-reactive ketones (excluding diaryl/α,β-unsaturated/α-hetero) is 1. The molecule has 2 atom stereocenters. The summed E-state index contributed by atoms with van der Waals surface area (Å²) in [6.07, 6.45) is 1.03. The molecule has 4 rings (SSSR count). The van der Waals surface area contributed by atoms with Crippen LogP contribution in [-0.4, -0.2) is 24.3 Å². The highest BCUT2D eigenvalue weighted by Gasteiger charge is 2.38. The second kappa shape index (κ2) is 6.04. The zero-order valence-electron chi connectivity index (χ0n) is 14.4. The van der Waals surface area contributed by atoms with E-state index in [0.717, 1.165) is 16.7 Å². The second-order valence-corrected chi connectivity index (χ2v) is 7.28. The van der Waals surface area contributed by atoms with Crippen LogP contribution in [0.15, 0.2) is 42.5 Å². The predicted molar refractivity (Wildman–Crippen MR) is 92.2 cm³/mol. The molecule has 25 heavy (non-hydrogen) atoms. The van der Waals surface area contributed by atoms with Crippen molar-refractivity contribution in [3.05, 3.63) is 70.5 Å². The smallest absolute Gasteiger partial charge is 0.170 e. The first-order chi connectivity index (χ1) is 11.9. The number of ether oxygens (including phenoxy) is 2. The number of hydrogen-bond donors (Lipinski definition) is 0.